The van der Waals surface area contributed by atoms with Gasteiger partial charge < -0.3 is 21.3 Å². The number of rotatable bonds is 7. The van der Waals surface area contributed by atoms with E-state index in [1.54, 1.807) is 0 Å². The van der Waals surface area contributed by atoms with Crippen LogP contribution in [0, 0.1) is 5.92 Å². The first-order valence-electron chi connectivity index (χ1n) is 5.28. The molecule has 0 fully saturated rings. The fourth-order valence-corrected chi connectivity index (χ4v) is 1.28. The molecule has 0 aliphatic carbocycles. The normalized spacial score (nSPS) is 14.6. The number of nitrogens with one attached hydrogen (secondary N) is 1. The summed E-state index contributed by atoms with van der Waals surface area (Å²) in [5, 5.41) is 19.7. The number of carboxylic acid groups (broad SMARTS) is 1. The third-order valence-corrected chi connectivity index (χ3v) is 2.09. The molecular weight excluding hydrogens is 212 g/mol. The lowest BCUT2D eigenvalue weighted by molar-refractivity contribution is -0.142. The third-order valence-electron chi connectivity index (χ3n) is 2.09. The van der Waals surface area contributed by atoms with Gasteiger partial charge in [0.1, 0.15) is 6.04 Å². The van der Waals surface area contributed by atoms with Crippen molar-refractivity contribution in [2.75, 3.05) is 6.61 Å². The molecule has 0 aliphatic rings. The van der Waals surface area contributed by atoms with Crippen molar-refractivity contribution in [3.8, 4) is 0 Å². The Morgan fingerprint density at radius 2 is 1.94 bits per heavy atom. The minimum Gasteiger partial charge on any atom is -0.480 e. The lowest BCUT2D eigenvalue weighted by Crippen LogP contribution is -2.49. The molecule has 0 aromatic rings. The molecule has 6 nitrogen and oxygen atoms in total. The summed E-state index contributed by atoms with van der Waals surface area (Å²) < 4.78 is 0. The minimum atomic E-state index is -1.17. The number of carboxylic acids is 1. The van der Waals surface area contributed by atoms with Crippen LogP contribution in [0.25, 0.3) is 0 Å². The van der Waals surface area contributed by atoms with Crippen LogP contribution in [0.4, 0.5) is 0 Å². The predicted octanol–water partition coefficient (Wildman–Crippen LogP) is -0.688. The quantitative estimate of drug-likeness (QED) is 0.464. The number of hydrogen-bond acceptors (Lipinski definition) is 4. The molecule has 2 atom stereocenters. The maximum absolute atomic E-state index is 11.5. The van der Waals surface area contributed by atoms with E-state index in [1.165, 1.54) is 0 Å². The van der Waals surface area contributed by atoms with E-state index in [9.17, 15) is 9.59 Å². The van der Waals surface area contributed by atoms with Crippen molar-refractivity contribution in [1.29, 1.82) is 0 Å². The Hall–Kier alpha value is -1.14. The predicted molar refractivity (Wildman–Crippen MR) is 58.7 cm³/mol. The van der Waals surface area contributed by atoms with E-state index < -0.39 is 24.0 Å². The van der Waals surface area contributed by atoms with Crippen molar-refractivity contribution in [3.63, 3.8) is 0 Å². The summed E-state index contributed by atoms with van der Waals surface area (Å²) in [6.07, 6.45) is 0.479. The molecule has 0 aromatic heterocycles. The van der Waals surface area contributed by atoms with Crippen molar-refractivity contribution in [2.45, 2.75) is 38.8 Å². The lowest BCUT2D eigenvalue weighted by Gasteiger charge is -2.18. The number of hydrogen-bond donors (Lipinski definition) is 4. The fourth-order valence-electron chi connectivity index (χ4n) is 1.28. The number of carbonyl (C=O) groups is 2. The summed E-state index contributed by atoms with van der Waals surface area (Å²) in [5.74, 6) is -1.39. The Morgan fingerprint density at radius 3 is 2.31 bits per heavy atom. The van der Waals surface area contributed by atoms with Crippen molar-refractivity contribution in [1.82, 2.24) is 5.32 Å². The van der Waals surface area contributed by atoms with Gasteiger partial charge in [0.15, 0.2) is 0 Å². The van der Waals surface area contributed by atoms with Gasteiger partial charge in [-0.15, -0.1) is 0 Å². The number of aliphatic hydroxyl groups is 1. The second-order valence-electron chi connectivity index (χ2n) is 4.15. The van der Waals surface area contributed by atoms with Crippen LogP contribution in [0.2, 0.25) is 0 Å². The van der Waals surface area contributed by atoms with Crippen LogP contribution in [0.3, 0.4) is 0 Å². The maximum Gasteiger partial charge on any atom is 0.326 e. The SMILES string of the molecule is CC(C)CC(N)C(=O)N[C@H](CCO)C(=O)O. The van der Waals surface area contributed by atoms with Gasteiger partial charge in [0.2, 0.25) is 5.91 Å². The van der Waals surface area contributed by atoms with Crippen molar-refractivity contribution in [3.05, 3.63) is 0 Å². The summed E-state index contributed by atoms with van der Waals surface area (Å²) >= 11 is 0. The number of aliphatic carboxylic acids is 1. The number of carbonyl (C=O) groups excluding carboxylic acids is 1. The molecule has 0 spiro atoms. The van der Waals surface area contributed by atoms with Gasteiger partial charge in [0.05, 0.1) is 6.04 Å². The largest absolute Gasteiger partial charge is 0.480 e. The third kappa shape index (κ3) is 5.67. The van der Waals surface area contributed by atoms with Crippen LogP contribution in [0.5, 0.6) is 0 Å². The number of amides is 1. The highest BCUT2D eigenvalue weighted by molar-refractivity contribution is 5.86. The Bertz CT molecular complexity index is 243. The first-order chi connectivity index (χ1) is 7.38. The van der Waals surface area contributed by atoms with Crippen molar-refractivity contribution >= 4 is 11.9 Å². The van der Waals surface area contributed by atoms with Crippen molar-refractivity contribution < 1.29 is 19.8 Å². The van der Waals surface area contributed by atoms with Gasteiger partial charge in [-0.25, -0.2) is 4.79 Å². The first-order valence-corrected chi connectivity index (χ1v) is 5.28. The second-order valence-corrected chi connectivity index (χ2v) is 4.15. The van der Waals surface area contributed by atoms with Gasteiger partial charge in [-0.3, -0.25) is 4.79 Å². The Morgan fingerprint density at radius 1 is 1.38 bits per heavy atom. The van der Waals surface area contributed by atoms with E-state index in [-0.39, 0.29) is 18.9 Å². The molecule has 16 heavy (non-hydrogen) atoms. The molecule has 0 radical (unpaired) electrons. The summed E-state index contributed by atoms with van der Waals surface area (Å²) in [6, 6.07) is -1.78. The molecule has 0 rings (SSSR count). The zero-order valence-electron chi connectivity index (χ0n) is 9.64. The standard InChI is InChI=1S/C10H20N2O4/c1-6(2)5-7(11)9(14)12-8(3-4-13)10(15)16/h6-8,13H,3-5,11H2,1-2H3,(H,12,14)(H,15,16)/t7?,8-/m1/s1. The minimum absolute atomic E-state index is 0.0184. The average molecular weight is 232 g/mol. The molecule has 1 unspecified atom stereocenters. The van der Waals surface area contributed by atoms with E-state index in [2.05, 4.69) is 5.32 Å². The molecule has 0 saturated heterocycles. The van der Waals surface area contributed by atoms with E-state index in [4.69, 9.17) is 15.9 Å². The molecule has 0 heterocycles. The van der Waals surface area contributed by atoms with Crippen LogP contribution in [0.1, 0.15) is 26.7 Å². The molecule has 0 aromatic carbocycles. The molecule has 5 N–H and O–H groups in total. The fraction of sp³-hybridized carbons (Fsp3) is 0.800. The molecule has 6 heteroatoms. The Kier molecular flexibility index (Phi) is 6.67. The van der Waals surface area contributed by atoms with Gasteiger partial charge in [-0.05, 0) is 12.3 Å². The van der Waals surface area contributed by atoms with Crippen LogP contribution < -0.4 is 11.1 Å². The molecular formula is C10H20N2O4. The van der Waals surface area contributed by atoms with Crippen LogP contribution >= 0.6 is 0 Å². The molecule has 0 bridgehead atoms. The van der Waals surface area contributed by atoms with E-state index >= 15 is 0 Å². The highest BCUT2D eigenvalue weighted by Crippen LogP contribution is 2.03. The monoisotopic (exact) mass is 232 g/mol. The zero-order chi connectivity index (χ0) is 12.7. The van der Waals surface area contributed by atoms with E-state index in [1.807, 2.05) is 13.8 Å². The number of nitrogens with two attached hydrogens (primary N) is 1. The summed E-state index contributed by atoms with van der Waals surface area (Å²) in [5.41, 5.74) is 5.60. The van der Waals surface area contributed by atoms with E-state index in [0.717, 1.165) is 0 Å². The molecule has 0 aliphatic heterocycles. The zero-order valence-corrected chi connectivity index (χ0v) is 9.64. The molecule has 0 saturated carbocycles. The summed E-state index contributed by atoms with van der Waals surface area (Å²) in [6.45, 7) is 3.56. The lowest BCUT2D eigenvalue weighted by atomic mass is 10.0. The van der Waals surface area contributed by atoms with Gasteiger partial charge in [-0.2, -0.15) is 0 Å². The second kappa shape index (κ2) is 7.19. The average Bonchev–Trinajstić information content (AvgIpc) is 2.15. The van der Waals surface area contributed by atoms with Crippen molar-refractivity contribution in [2.24, 2.45) is 11.7 Å². The molecule has 1 amide bonds. The maximum atomic E-state index is 11.5. The summed E-state index contributed by atoms with van der Waals surface area (Å²) in [7, 11) is 0. The smallest absolute Gasteiger partial charge is 0.326 e. The van der Waals surface area contributed by atoms with Gasteiger partial charge in [0.25, 0.3) is 0 Å². The Labute approximate surface area is 94.8 Å². The van der Waals surface area contributed by atoms with Gasteiger partial charge >= 0.3 is 5.97 Å². The highest BCUT2D eigenvalue weighted by Gasteiger charge is 2.22. The van der Waals surface area contributed by atoms with Gasteiger partial charge in [0, 0.05) is 13.0 Å². The Balaban J connectivity index is 4.23. The highest BCUT2D eigenvalue weighted by atomic mass is 16.4. The van der Waals surface area contributed by atoms with Crippen LogP contribution in [0.15, 0.2) is 0 Å². The topological polar surface area (TPSA) is 113 Å². The molecule has 94 valence electrons. The van der Waals surface area contributed by atoms with Crippen LogP contribution in [-0.4, -0.2) is 40.8 Å². The van der Waals surface area contributed by atoms with Gasteiger partial charge in [-0.1, -0.05) is 13.8 Å². The van der Waals surface area contributed by atoms with Crippen LogP contribution in [-0.2, 0) is 9.59 Å². The summed E-state index contributed by atoms with van der Waals surface area (Å²) in [4.78, 5) is 22.2. The first kappa shape index (κ1) is 14.9. The number of aliphatic hydroxyl groups excluding tert-OH is 1. The van der Waals surface area contributed by atoms with E-state index in [0.29, 0.717) is 6.42 Å².